The molecule has 0 unspecified atom stereocenters. The number of benzene rings is 2. The minimum Gasteiger partial charge on any atom is -0.381 e. The molecule has 4 rings (SSSR count). The molecule has 2 N–H and O–H groups in total. The molecule has 190 valence electrons. The maximum absolute atomic E-state index is 12.9. The lowest BCUT2D eigenvalue weighted by Crippen LogP contribution is -2.44. The van der Waals surface area contributed by atoms with Crippen LogP contribution in [-0.4, -0.2) is 66.7 Å². The van der Waals surface area contributed by atoms with Gasteiger partial charge in [0.15, 0.2) is 11.2 Å². The van der Waals surface area contributed by atoms with Crippen LogP contribution in [0.15, 0.2) is 77.3 Å². The Bertz CT molecular complexity index is 1400. The molecule has 0 saturated carbocycles. The Kier molecular flexibility index (Phi) is 7.92. The van der Waals surface area contributed by atoms with Crippen molar-refractivity contribution in [1.82, 2.24) is 14.5 Å². The number of anilines is 2. The summed E-state index contributed by atoms with van der Waals surface area (Å²) in [5.74, 6) is -0.321. The number of carbonyl (C=O) groups is 1. The molecular formula is C25H29N5O4S2. The summed E-state index contributed by atoms with van der Waals surface area (Å²) < 4.78 is 29.4. The van der Waals surface area contributed by atoms with Gasteiger partial charge in [0.2, 0.25) is 0 Å². The molecule has 4 aromatic rings. The minimum atomic E-state index is -3.71. The number of hydrogen-bond donors (Lipinski definition) is 2. The Balaban J connectivity index is 1.34. The number of para-hydroxylation sites is 1. The van der Waals surface area contributed by atoms with E-state index in [0.29, 0.717) is 24.8 Å². The number of nitrogens with one attached hydrogen (secondary N) is 1. The zero-order chi connectivity index (χ0) is 25.7. The third-order valence-electron chi connectivity index (χ3n) is 5.98. The van der Waals surface area contributed by atoms with Gasteiger partial charge in [-0.2, -0.15) is 0 Å². The molecule has 0 aliphatic carbocycles. The first-order chi connectivity index (χ1) is 17.3. The van der Waals surface area contributed by atoms with Gasteiger partial charge in [0.05, 0.1) is 11.4 Å². The van der Waals surface area contributed by atoms with Crippen molar-refractivity contribution in [3.63, 3.8) is 0 Å². The van der Waals surface area contributed by atoms with Crippen molar-refractivity contribution in [1.29, 1.82) is 0 Å². The van der Waals surface area contributed by atoms with Crippen LogP contribution in [0.3, 0.4) is 0 Å². The van der Waals surface area contributed by atoms with Gasteiger partial charge in [0, 0.05) is 55.7 Å². The highest BCUT2D eigenvalue weighted by Gasteiger charge is 2.22. The maximum atomic E-state index is 12.9. The average molecular weight is 528 g/mol. The summed E-state index contributed by atoms with van der Waals surface area (Å²) in [6, 6.07) is 16.3. The first-order valence-corrected chi connectivity index (χ1v) is 13.9. The first-order valence-electron chi connectivity index (χ1n) is 11.5. The molecule has 0 fully saturated rings. The van der Waals surface area contributed by atoms with Crippen molar-refractivity contribution in [3.05, 3.63) is 72.4 Å². The molecule has 0 spiro atoms. The number of nitrogens with zero attached hydrogens (tertiary/aromatic N) is 4. The lowest BCUT2D eigenvalue weighted by atomic mass is 10.2. The standard InChI is InChI=1S/C25H29N5O4S2/c1-3-29(24(32)23(31)18-30-14-12-19-6-4-5-7-22(19)30)16-15-28(2)20-8-10-21(11-9-20)36(33,34)27-25-26-13-17-35-25/h4-14,17,23,31H,3,15-16,18H2,1-2H3,(H,26,27)/t23-/m0/s1. The monoisotopic (exact) mass is 527 g/mol. The van der Waals surface area contributed by atoms with Crippen molar-refractivity contribution >= 4 is 49.0 Å². The highest BCUT2D eigenvalue weighted by molar-refractivity contribution is 7.93. The topological polar surface area (TPSA) is 108 Å². The highest BCUT2D eigenvalue weighted by Crippen LogP contribution is 2.21. The van der Waals surface area contributed by atoms with Crippen LogP contribution in [0.2, 0.25) is 0 Å². The third kappa shape index (κ3) is 5.86. The van der Waals surface area contributed by atoms with E-state index in [1.807, 2.05) is 60.0 Å². The number of sulfonamides is 1. The van der Waals surface area contributed by atoms with Gasteiger partial charge < -0.3 is 19.5 Å². The molecule has 11 heteroatoms. The Morgan fingerprint density at radius 2 is 1.89 bits per heavy atom. The van der Waals surface area contributed by atoms with E-state index in [-0.39, 0.29) is 17.3 Å². The molecule has 2 heterocycles. The summed E-state index contributed by atoms with van der Waals surface area (Å²) >= 11 is 1.21. The molecule has 0 aliphatic heterocycles. The highest BCUT2D eigenvalue weighted by atomic mass is 32.2. The number of hydrogen-bond acceptors (Lipinski definition) is 7. The molecule has 2 aromatic carbocycles. The van der Waals surface area contributed by atoms with Crippen LogP contribution in [-0.2, 0) is 21.4 Å². The van der Waals surface area contributed by atoms with Gasteiger partial charge in [-0.25, -0.2) is 13.4 Å². The van der Waals surface area contributed by atoms with Gasteiger partial charge in [-0.15, -0.1) is 11.3 Å². The minimum absolute atomic E-state index is 0.140. The molecule has 9 nitrogen and oxygen atoms in total. The van der Waals surface area contributed by atoms with E-state index in [9.17, 15) is 18.3 Å². The normalized spacial score (nSPS) is 12.4. The van der Waals surface area contributed by atoms with Gasteiger partial charge in [0.1, 0.15) is 0 Å². The smallest absolute Gasteiger partial charge is 0.263 e. The van der Waals surface area contributed by atoms with Crippen LogP contribution in [0.4, 0.5) is 10.8 Å². The average Bonchev–Trinajstić information content (AvgIpc) is 3.54. The molecule has 0 aliphatic rings. The van der Waals surface area contributed by atoms with Crippen LogP contribution in [0, 0.1) is 0 Å². The van der Waals surface area contributed by atoms with Gasteiger partial charge in [0.25, 0.3) is 15.9 Å². The predicted octanol–water partition coefficient (Wildman–Crippen LogP) is 3.24. The molecule has 0 radical (unpaired) electrons. The van der Waals surface area contributed by atoms with E-state index in [4.69, 9.17) is 0 Å². The molecular weight excluding hydrogens is 498 g/mol. The Hall–Kier alpha value is -3.41. The molecule has 0 saturated heterocycles. The molecule has 1 atom stereocenters. The van der Waals surface area contributed by atoms with E-state index >= 15 is 0 Å². The third-order valence-corrected chi connectivity index (χ3v) is 8.15. The van der Waals surface area contributed by atoms with Gasteiger partial charge in [-0.1, -0.05) is 18.2 Å². The quantitative estimate of drug-likeness (QED) is 0.310. The Labute approximate surface area is 214 Å². The van der Waals surface area contributed by atoms with Crippen LogP contribution >= 0.6 is 11.3 Å². The summed E-state index contributed by atoms with van der Waals surface area (Å²) in [6.45, 7) is 3.47. The molecule has 1 amide bonds. The Morgan fingerprint density at radius 1 is 1.14 bits per heavy atom. The number of rotatable bonds is 11. The summed E-state index contributed by atoms with van der Waals surface area (Å²) in [5, 5.41) is 13.7. The van der Waals surface area contributed by atoms with Gasteiger partial charge >= 0.3 is 0 Å². The van der Waals surface area contributed by atoms with Crippen molar-refractivity contribution in [2.24, 2.45) is 0 Å². The lowest BCUT2D eigenvalue weighted by Gasteiger charge is -2.27. The second-order valence-corrected chi connectivity index (χ2v) is 10.9. The summed E-state index contributed by atoms with van der Waals surface area (Å²) in [4.78, 5) is 20.6. The summed E-state index contributed by atoms with van der Waals surface area (Å²) in [5.41, 5.74) is 1.78. The van der Waals surface area contributed by atoms with Crippen LogP contribution in [0.5, 0.6) is 0 Å². The zero-order valence-electron chi connectivity index (χ0n) is 20.1. The van der Waals surface area contributed by atoms with Crippen molar-refractivity contribution in [2.75, 3.05) is 36.3 Å². The fourth-order valence-electron chi connectivity index (χ4n) is 3.93. The first kappa shape index (κ1) is 25.7. The van der Waals surface area contributed by atoms with Crippen LogP contribution < -0.4 is 9.62 Å². The predicted molar refractivity (Wildman–Crippen MR) is 143 cm³/mol. The number of carbonyl (C=O) groups excluding carboxylic acids is 1. The second kappa shape index (κ2) is 11.1. The van der Waals surface area contributed by atoms with Crippen LogP contribution in [0.1, 0.15) is 6.92 Å². The summed E-state index contributed by atoms with van der Waals surface area (Å²) in [7, 11) is -1.84. The van der Waals surface area contributed by atoms with Crippen molar-refractivity contribution in [3.8, 4) is 0 Å². The van der Waals surface area contributed by atoms with Crippen molar-refractivity contribution in [2.45, 2.75) is 24.5 Å². The van der Waals surface area contributed by atoms with Gasteiger partial charge in [-0.3, -0.25) is 9.52 Å². The Morgan fingerprint density at radius 3 is 2.58 bits per heavy atom. The largest absolute Gasteiger partial charge is 0.381 e. The number of aromatic nitrogens is 2. The van der Waals surface area contributed by atoms with E-state index in [2.05, 4.69) is 9.71 Å². The van der Waals surface area contributed by atoms with E-state index in [1.54, 1.807) is 22.4 Å². The van der Waals surface area contributed by atoms with Crippen molar-refractivity contribution < 1.29 is 18.3 Å². The lowest BCUT2D eigenvalue weighted by molar-refractivity contribution is -0.140. The van der Waals surface area contributed by atoms with E-state index < -0.39 is 16.1 Å². The number of fused-ring (bicyclic) bond motifs is 1. The van der Waals surface area contributed by atoms with Crippen LogP contribution in [0.25, 0.3) is 10.9 Å². The number of aliphatic hydroxyl groups excluding tert-OH is 1. The summed E-state index contributed by atoms with van der Waals surface area (Å²) in [6.07, 6.45) is 2.26. The second-order valence-electron chi connectivity index (χ2n) is 8.32. The number of amides is 1. The number of thiazole rings is 1. The number of likely N-dealkylation sites (N-methyl/N-ethyl adjacent to an activating group) is 2. The fraction of sp³-hybridized carbons (Fsp3) is 0.280. The number of aliphatic hydroxyl groups is 1. The molecule has 36 heavy (non-hydrogen) atoms. The fourth-order valence-corrected chi connectivity index (χ4v) is 5.72. The van der Waals surface area contributed by atoms with E-state index in [0.717, 1.165) is 16.6 Å². The van der Waals surface area contributed by atoms with E-state index in [1.165, 1.54) is 29.7 Å². The molecule has 0 bridgehead atoms. The molecule has 2 aromatic heterocycles. The zero-order valence-corrected chi connectivity index (χ0v) is 21.7. The maximum Gasteiger partial charge on any atom is 0.263 e. The SMILES string of the molecule is CCN(CCN(C)c1ccc(S(=O)(=O)Nc2nccs2)cc1)C(=O)[C@@H](O)Cn1ccc2ccccc21. The van der Waals surface area contributed by atoms with Gasteiger partial charge in [-0.05, 0) is 48.7 Å².